The Balaban J connectivity index is 1.50. The Morgan fingerprint density at radius 3 is 2.68 bits per heavy atom. The van der Waals surface area contributed by atoms with E-state index in [9.17, 15) is 17.6 Å². The van der Waals surface area contributed by atoms with E-state index in [1.54, 1.807) is 0 Å². The molecule has 0 spiro atoms. The van der Waals surface area contributed by atoms with Crippen molar-refractivity contribution in [3.05, 3.63) is 58.9 Å². The molecular formula is C21H23ClFNO6S. The maximum absolute atomic E-state index is 12.9. The normalized spacial score (nSPS) is 16.3. The standard InChI is InChI=1S/C21H23ClFNO6S/c22-19-9-4-15(13-20(19)31(26,27)24-14-18-3-1-10-29-18)21(25)30-12-2-11-28-17-7-5-16(23)6-8-17/h4-9,13,18,24H,1-3,10-12,14H2. The number of carbonyl (C=O) groups is 1. The lowest BCUT2D eigenvalue weighted by Gasteiger charge is -2.13. The van der Waals surface area contributed by atoms with Crippen LogP contribution in [0.5, 0.6) is 5.75 Å². The van der Waals surface area contributed by atoms with Crippen LogP contribution in [0.2, 0.25) is 5.02 Å². The number of ether oxygens (including phenoxy) is 3. The molecule has 7 nitrogen and oxygen atoms in total. The van der Waals surface area contributed by atoms with E-state index in [0.717, 1.165) is 12.8 Å². The number of esters is 1. The number of hydrogen-bond acceptors (Lipinski definition) is 6. The van der Waals surface area contributed by atoms with E-state index >= 15 is 0 Å². The molecule has 0 bridgehead atoms. The molecule has 1 aliphatic heterocycles. The molecule has 3 rings (SSSR count). The smallest absolute Gasteiger partial charge is 0.338 e. The van der Waals surface area contributed by atoms with Gasteiger partial charge in [0.25, 0.3) is 0 Å². The number of hydrogen-bond donors (Lipinski definition) is 1. The van der Waals surface area contributed by atoms with Gasteiger partial charge in [-0.2, -0.15) is 0 Å². The Morgan fingerprint density at radius 2 is 1.97 bits per heavy atom. The molecule has 10 heteroatoms. The number of sulfonamides is 1. The van der Waals surface area contributed by atoms with E-state index in [4.69, 9.17) is 25.8 Å². The van der Waals surface area contributed by atoms with Crippen LogP contribution in [0.15, 0.2) is 47.4 Å². The average Bonchev–Trinajstić information content (AvgIpc) is 3.27. The van der Waals surface area contributed by atoms with Gasteiger partial charge < -0.3 is 14.2 Å². The summed E-state index contributed by atoms with van der Waals surface area (Å²) in [5.74, 6) is -0.516. The van der Waals surface area contributed by atoms with Crippen LogP contribution in [0.4, 0.5) is 4.39 Å². The van der Waals surface area contributed by atoms with Crippen molar-refractivity contribution in [1.82, 2.24) is 4.72 Å². The maximum Gasteiger partial charge on any atom is 0.338 e. The second kappa shape index (κ2) is 10.9. The SMILES string of the molecule is O=C(OCCCOc1ccc(F)cc1)c1ccc(Cl)c(S(=O)(=O)NCC2CCCO2)c1. The highest BCUT2D eigenvalue weighted by molar-refractivity contribution is 7.89. The molecule has 0 radical (unpaired) electrons. The second-order valence-electron chi connectivity index (χ2n) is 6.92. The first-order valence-corrected chi connectivity index (χ1v) is 11.7. The van der Waals surface area contributed by atoms with Crippen molar-refractivity contribution in [2.24, 2.45) is 0 Å². The van der Waals surface area contributed by atoms with Gasteiger partial charge >= 0.3 is 5.97 Å². The van der Waals surface area contributed by atoms with E-state index in [0.29, 0.717) is 18.8 Å². The van der Waals surface area contributed by atoms with Crippen molar-refractivity contribution in [3.63, 3.8) is 0 Å². The summed E-state index contributed by atoms with van der Waals surface area (Å²) in [6.45, 7) is 1.10. The molecule has 1 fully saturated rings. The van der Waals surface area contributed by atoms with Gasteiger partial charge in [0.2, 0.25) is 10.0 Å². The van der Waals surface area contributed by atoms with Gasteiger partial charge in [-0.05, 0) is 55.3 Å². The van der Waals surface area contributed by atoms with E-state index in [-0.39, 0.29) is 47.2 Å². The van der Waals surface area contributed by atoms with Gasteiger partial charge in [0.1, 0.15) is 16.5 Å². The molecule has 31 heavy (non-hydrogen) atoms. The van der Waals surface area contributed by atoms with E-state index < -0.39 is 16.0 Å². The van der Waals surface area contributed by atoms with Crippen LogP contribution in [0.25, 0.3) is 0 Å². The molecule has 1 atom stereocenters. The monoisotopic (exact) mass is 471 g/mol. The highest BCUT2D eigenvalue weighted by Gasteiger charge is 2.23. The molecule has 168 valence electrons. The largest absolute Gasteiger partial charge is 0.493 e. The molecule has 1 N–H and O–H groups in total. The van der Waals surface area contributed by atoms with Crippen molar-refractivity contribution >= 4 is 27.6 Å². The minimum atomic E-state index is -3.91. The highest BCUT2D eigenvalue weighted by Crippen LogP contribution is 2.23. The van der Waals surface area contributed by atoms with Gasteiger partial charge in [-0.25, -0.2) is 22.3 Å². The van der Waals surface area contributed by atoms with E-state index in [2.05, 4.69) is 4.72 Å². The lowest BCUT2D eigenvalue weighted by molar-refractivity contribution is 0.0485. The summed E-state index contributed by atoms with van der Waals surface area (Å²) in [4.78, 5) is 12.1. The fourth-order valence-corrected chi connectivity index (χ4v) is 4.54. The fourth-order valence-electron chi connectivity index (χ4n) is 2.95. The van der Waals surface area contributed by atoms with Crippen molar-refractivity contribution < 1.29 is 31.8 Å². The second-order valence-corrected chi connectivity index (χ2v) is 9.07. The number of nitrogens with one attached hydrogen (secondary N) is 1. The zero-order chi connectivity index (χ0) is 22.3. The third kappa shape index (κ3) is 6.90. The molecule has 2 aromatic rings. The summed E-state index contributed by atoms with van der Waals surface area (Å²) < 4.78 is 56.5. The first kappa shape index (κ1) is 23.5. The number of carbonyl (C=O) groups excluding carboxylic acids is 1. The minimum Gasteiger partial charge on any atom is -0.493 e. The molecular weight excluding hydrogens is 449 g/mol. The number of halogens is 2. The van der Waals surface area contributed by atoms with Crippen molar-refractivity contribution in [2.45, 2.75) is 30.3 Å². The lowest BCUT2D eigenvalue weighted by Crippen LogP contribution is -2.32. The molecule has 1 saturated heterocycles. The quantitative estimate of drug-likeness (QED) is 0.421. The molecule has 0 saturated carbocycles. The van der Waals surface area contributed by atoms with Crippen LogP contribution < -0.4 is 9.46 Å². The molecule has 2 aromatic carbocycles. The maximum atomic E-state index is 12.9. The first-order chi connectivity index (χ1) is 14.8. The zero-order valence-corrected chi connectivity index (χ0v) is 18.3. The van der Waals surface area contributed by atoms with Crippen molar-refractivity contribution in [2.75, 3.05) is 26.4 Å². The number of benzene rings is 2. The third-order valence-corrected chi connectivity index (χ3v) is 6.49. The van der Waals surface area contributed by atoms with Gasteiger partial charge in [-0.15, -0.1) is 0 Å². The Hall–Kier alpha value is -2.20. The summed E-state index contributed by atoms with van der Waals surface area (Å²) in [7, 11) is -3.91. The Labute approximate surface area is 185 Å². The third-order valence-electron chi connectivity index (χ3n) is 4.59. The molecule has 1 unspecified atom stereocenters. The van der Waals surface area contributed by atoms with E-state index in [1.165, 1.54) is 42.5 Å². The summed E-state index contributed by atoms with van der Waals surface area (Å²) in [6.07, 6.45) is 1.92. The van der Waals surface area contributed by atoms with Gasteiger partial charge in [0.05, 0.1) is 29.9 Å². The Morgan fingerprint density at radius 1 is 1.19 bits per heavy atom. The van der Waals surface area contributed by atoms with Crippen LogP contribution >= 0.6 is 11.6 Å². The highest BCUT2D eigenvalue weighted by atomic mass is 35.5. The summed E-state index contributed by atoms with van der Waals surface area (Å²) in [5, 5.41) is 0.00379. The zero-order valence-electron chi connectivity index (χ0n) is 16.7. The van der Waals surface area contributed by atoms with Crippen LogP contribution in [0.1, 0.15) is 29.6 Å². The average molecular weight is 472 g/mol. The van der Waals surface area contributed by atoms with E-state index in [1.807, 2.05) is 0 Å². The Kier molecular flexibility index (Phi) is 8.25. The van der Waals surface area contributed by atoms with Crippen LogP contribution in [0.3, 0.4) is 0 Å². The van der Waals surface area contributed by atoms with Crippen LogP contribution in [0, 0.1) is 5.82 Å². The fraction of sp³-hybridized carbons (Fsp3) is 0.381. The molecule has 0 aromatic heterocycles. The summed E-state index contributed by atoms with van der Waals surface area (Å²) in [6, 6.07) is 9.52. The van der Waals surface area contributed by atoms with Gasteiger partial charge in [-0.1, -0.05) is 11.6 Å². The summed E-state index contributed by atoms with van der Waals surface area (Å²) in [5.41, 5.74) is 0.0707. The summed E-state index contributed by atoms with van der Waals surface area (Å²) >= 11 is 6.05. The lowest BCUT2D eigenvalue weighted by atomic mass is 10.2. The minimum absolute atomic E-state index is 0.00379. The first-order valence-electron chi connectivity index (χ1n) is 9.81. The molecule has 0 aliphatic carbocycles. The topological polar surface area (TPSA) is 90.9 Å². The molecule has 1 heterocycles. The van der Waals surface area contributed by atoms with Crippen molar-refractivity contribution in [1.29, 1.82) is 0 Å². The van der Waals surface area contributed by atoms with Crippen LogP contribution in [-0.2, 0) is 19.5 Å². The van der Waals surface area contributed by atoms with Crippen LogP contribution in [-0.4, -0.2) is 46.9 Å². The molecule has 0 amide bonds. The number of rotatable bonds is 10. The predicted octanol–water partition coefficient (Wildman–Crippen LogP) is 3.56. The molecule has 1 aliphatic rings. The van der Waals surface area contributed by atoms with Gasteiger partial charge in [0.15, 0.2) is 0 Å². The predicted molar refractivity (Wildman–Crippen MR) is 112 cm³/mol. The van der Waals surface area contributed by atoms with Gasteiger partial charge in [-0.3, -0.25) is 0 Å². The van der Waals surface area contributed by atoms with Crippen molar-refractivity contribution in [3.8, 4) is 5.75 Å². The van der Waals surface area contributed by atoms with Gasteiger partial charge in [0, 0.05) is 19.6 Å². The Bertz CT molecular complexity index is 993.